The Kier molecular flexibility index (Phi) is 3.36. The zero-order valence-electron chi connectivity index (χ0n) is 8.96. The second-order valence-electron chi connectivity index (χ2n) is 3.61. The molecule has 5 heteroatoms. The lowest BCUT2D eigenvalue weighted by Gasteiger charge is -2.19. The molecule has 82 valence electrons. The topological polar surface area (TPSA) is 29.0 Å². The summed E-state index contributed by atoms with van der Waals surface area (Å²) in [7, 11) is 2.06. The van der Waals surface area contributed by atoms with Crippen LogP contribution in [0.25, 0.3) is 0 Å². The average molecular weight is 244 g/mol. The molecule has 0 aliphatic carbocycles. The van der Waals surface area contributed by atoms with Crippen molar-refractivity contribution in [3.8, 4) is 0 Å². The van der Waals surface area contributed by atoms with Crippen LogP contribution in [0.5, 0.6) is 0 Å². The summed E-state index contributed by atoms with van der Waals surface area (Å²) in [5.41, 5.74) is 1.11. The van der Waals surface area contributed by atoms with E-state index in [2.05, 4.69) is 28.8 Å². The van der Waals surface area contributed by atoms with Crippen LogP contribution in [0.4, 0.5) is 5.82 Å². The van der Waals surface area contributed by atoms with Gasteiger partial charge in [0.1, 0.15) is 5.82 Å². The highest BCUT2D eigenvalue weighted by Crippen LogP contribution is 2.37. The van der Waals surface area contributed by atoms with Crippen molar-refractivity contribution in [3.05, 3.63) is 11.0 Å². The van der Waals surface area contributed by atoms with Gasteiger partial charge in [-0.25, -0.2) is 4.98 Å². The summed E-state index contributed by atoms with van der Waals surface area (Å²) in [6.07, 6.45) is 2.12. The fraction of sp³-hybridized carbons (Fsp3) is 0.600. The molecule has 0 spiro atoms. The Morgan fingerprint density at radius 2 is 2.27 bits per heavy atom. The van der Waals surface area contributed by atoms with Gasteiger partial charge in [-0.3, -0.25) is 0 Å². The monoisotopic (exact) mass is 243 g/mol. The van der Waals surface area contributed by atoms with E-state index in [9.17, 15) is 0 Å². The van der Waals surface area contributed by atoms with Crippen molar-refractivity contribution in [2.75, 3.05) is 24.2 Å². The molecule has 0 radical (unpaired) electrons. The molecule has 1 aromatic heterocycles. The van der Waals surface area contributed by atoms with E-state index in [0.29, 0.717) is 5.28 Å². The number of rotatable bonds is 3. The molecule has 0 bridgehead atoms. The van der Waals surface area contributed by atoms with Crippen molar-refractivity contribution in [1.29, 1.82) is 0 Å². The van der Waals surface area contributed by atoms with Crippen LogP contribution in [0.15, 0.2) is 4.90 Å². The van der Waals surface area contributed by atoms with Crippen LogP contribution in [-0.4, -0.2) is 29.3 Å². The lowest BCUT2D eigenvalue weighted by molar-refractivity contribution is 0.815. The van der Waals surface area contributed by atoms with E-state index in [0.717, 1.165) is 36.7 Å². The molecule has 1 aliphatic heterocycles. The van der Waals surface area contributed by atoms with E-state index >= 15 is 0 Å². The molecular weight excluding hydrogens is 230 g/mol. The van der Waals surface area contributed by atoms with Crippen molar-refractivity contribution >= 4 is 29.2 Å². The van der Waals surface area contributed by atoms with Gasteiger partial charge in [0, 0.05) is 25.8 Å². The van der Waals surface area contributed by atoms with Gasteiger partial charge in [0.25, 0.3) is 0 Å². The molecule has 0 aromatic carbocycles. The first-order valence-corrected chi connectivity index (χ1v) is 6.49. The zero-order chi connectivity index (χ0) is 10.8. The first-order valence-electron chi connectivity index (χ1n) is 5.12. The quantitative estimate of drug-likeness (QED) is 0.764. The summed E-state index contributed by atoms with van der Waals surface area (Å²) >= 11 is 7.75. The minimum Gasteiger partial charge on any atom is -0.359 e. The molecule has 0 saturated heterocycles. The minimum atomic E-state index is 0.370. The molecule has 3 nitrogen and oxygen atoms in total. The Morgan fingerprint density at radius 1 is 1.47 bits per heavy atom. The highest BCUT2D eigenvalue weighted by Gasteiger charge is 2.21. The Bertz CT molecular complexity index is 370. The number of anilines is 1. The molecule has 0 unspecified atom stereocenters. The van der Waals surface area contributed by atoms with Gasteiger partial charge in [-0.1, -0.05) is 6.92 Å². The molecular formula is C10H14ClN3S. The van der Waals surface area contributed by atoms with Crippen molar-refractivity contribution in [1.82, 2.24) is 9.97 Å². The predicted octanol–water partition coefficient (Wildman–Crippen LogP) is 2.62. The third-order valence-corrected chi connectivity index (χ3v) is 3.68. The summed E-state index contributed by atoms with van der Waals surface area (Å²) in [6.45, 7) is 3.16. The summed E-state index contributed by atoms with van der Waals surface area (Å²) < 4.78 is 0. The molecule has 0 amide bonds. The summed E-state index contributed by atoms with van der Waals surface area (Å²) in [4.78, 5) is 12.0. The van der Waals surface area contributed by atoms with E-state index in [1.165, 1.54) is 4.90 Å². The van der Waals surface area contributed by atoms with Crippen LogP contribution in [0.1, 0.15) is 19.0 Å². The SMILES string of the molecule is CCCN(C)c1nc(Cl)nc2c1SCC2. The molecule has 0 saturated carbocycles. The van der Waals surface area contributed by atoms with Gasteiger partial charge in [0.15, 0.2) is 0 Å². The smallest absolute Gasteiger partial charge is 0.224 e. The fourth-order valence-corrected chi connectivity index (χ4v) is 3.05. The van der Waals surface area contributed by atoms with E-state index < -0.39 is 0 Å². The van der Waals surface area contributed by atoms with Gasteiger partial charge >= 0.3 is 0 Å². The maximum Gasteiger partial charge on any atom is 0.224 e. The maximum absolute atomic E-state index is 5.91. The number of aryl methyl sites for hydroxylation is 1. The van der Waals surface area contributed by atoms with E-state index in [4.69, 9.17) is 11.6 Å². The standard InChI is InChI=1S/C10H14ClN3S/c1-3-5-14(2)9-8-7(4-6-15-8)12-10(11)13-9/h3-6H2,1-2H3. The van der Waals surface area contributed by atoms with Gasteiger partial charge in [-0.15, -0.1) is 11.8 Å². The van der Waals surface area contributed by atoms with Crippen molar-refractivity contribution < 1.29 is 0 Å². The number of nitrogens with zero attached hydrogens (tertiary/aromatic N) is 3. The second-order valence-corrected chi connectivity index (χ2v) is 5.06. The Morgan fingerprint density at radius 3 is 3.00 bits per heavy atom. The molecule has 15 heavy (non-hydrogen) atoms. The van der Waals surface area contributed by atoms with Gasteiger partial charge in [-0.2, -0.15) is 4.98 Å². The highest BCUT2D eigenvalue weighted by molar-refractivity contribution is 7.99. The molecule has 0 N–H and O–H groups in total. The number of thioether (sulfide) groups is 1. The first kappa shape index (κ1) is 11.0. The average Bonchev–Trinajstić information content (AvgIpc) is 2.64. The van der Waals surface area contributed by atoms with Crippen molar-refractivity contribution in [3.63, 3.8) is 0 Å². The van der Waals surface area contributed by atoms with Crippen LogP contribution in [0.2, 0.25) is 5.28 Å². The fourth-order valence-electron chi connectivity index (χ4n) is 1.72. The van der Waals surface area contributed by atoms with Crippen molar-refractivity contribution in [2.24, 2.45) is 0 Å². The number of aromatic nitrogens is 2. The van der Waals surface area contributed by atoms with Crippen LogP contribution >= 0.6 is 23.4 Å². The van der Waals surface area contributed by atoms with Crippen molar-refractivity contribution in [2.45, 2.75) is 24.7 Å². The van der Waals surface area contributed by atoms with Crippen LogP contribution in [0.3, 0.4) is 0 Å². The summed E-state index contributed by atoms with van der Waals surface area (Å²) in [5, 5.41) is 0.370. The van der Waals surface area contributed by atoms with Gasteiger partial charge in [0.2, 0.25) is 5.28 Å². The molecule has 0 atom stereocenters. The summed E-state index contributed by atoms with van der Waals surface area (Å²) in [6, 6.07) is 0. The Hall–Kier alpha value is -0.480. The highest BCUT2D eigenvalue weighted by atomic mass is 35.5. The number of hydrogen-bond acceptors (Lipinski definition) is 4. The second kappa shape index (κ2) is 4.58. The molecule has 0 fully saturated rings. The normalized spacial score (nSPS) is 14.1. The van der Waals surface area contributed by atoms with Gasteiger partial charge in [-0.05, 0) is 18.0 Å². The van der Waals surface area contributed by atoms with E-state index in [1.54, 1.807) is 0 Å². The van der Waals surface area contributed by atoms with Crippen LogP contribution in [0, 0.1) is 0 Å². The first-order chi connectivity index (χ1) is 7.22. The molecule has 2 heterocycles. The lowest BCUT2D eigenvalue weighted by Crippen LogP contribution is -2.20. The predicted molar refractivity (Wildman–Crippen MR) is 65.0 cm³/mol. The van der Waals surface area contributed by atoms with Crippen LogP contribution < -0.4 is 4.90 Å². The zero-order valence-corrected chi connectivity index (χ0v) is 10.5. The molecule has 1 aromatic rings. The molecule has 1 aliphatic rings. The third kappa shape index (κ3) is 2.21. The van der Waals surface area contributed by atoms with E-state index in [-0.39, 0.29) is 0 Å². The van der Waals surface area contributed by atoms with E-state index in [1.807, 2.05) is 11.8 Å². The van der Waals surface area contributed by atoms with Gasteiger partial charge < -0.3 is 4.90 Å². The largest absolute Gasteiger partial charge is 0.359 e. The number of fused-ring (bicyclic) bond motifs is 1. The number of halogens is 1. The molecule has 2 rings (SSSR count). The van der Waals surface area contributed by atoms with Gasteiger partial charge in [0.05, 0.1) is 10.6 Å². The summed E-state index contributed by atoms with van der Waals surface area (Å²) in [5.74, 6) is 2.09. The Labute approximate surface area is 99.2 Å². The minimum absolute atomic E-state index is 0.370. The number of hydrogen-bond donors (Lipinski definition) is 0. The maximum atomic E-state index is 5.91. The third-order valence-electron chi connectivity index (χ3n) is 2.40. The van der Waals surface area contributed by atoms with Crippen LogP contribution in [-0.2, 0) is 6.42 Å². The lowest BCUT2D eigenvalue weighted by atomic mass is 10.3. The Balaban J connectivity index is 2.37.